The quantitative estimate of drug-likeness (QED) is 0.606. The molecule has 1 N–H and O–H groups in total. The number of anilines is 1. The van der Waals surface area contributed by atoms with Gasteiger partial charge in [0.05, 0.1) is 11.2 Å². The summed E-state index contributed by atoms with van der Waals surface area (Å²) in [4.78, 5) is 11.8. The van der Waals surface area contributed by atoms with Crippen LogP contribution in [0.2, 0.25) is 0 Å². The molecule has 0 saturated carbocycles. The molecule has 23 heavy (non-hydrogen) atoms. The summed E-state index contributed by atoms with van der Waals surface area (Å²) in [6.45, 7) is 8.12. The summed E-state index contributed by atoms with van der Waals surface area (Å²) >= 11 is 5.61. The summed E-state index contributed by atoms with van der Waals surface area (Å²) in [5, 5.41) is 2.89. The molecular weight excluding hydrogens is 314 g/mol. The maximum Gasteiger partial charge on any atom is 0.224 e. The van der Waals surface area contributed by atoms with Crippen LogP contribution in [0, 0.1) is 0 Å². The van der Waals surface area contributed by atoms with Crippen LogP contribution in [-0.4, -0.2) is 23.0 Å². The van der Waals surface area contributed by atoms with Gasteiger partial charge in [0.15, 0.2) is 6.29 Å². The number of hydrogen-bond donors (Lipinski definition) is 1. The second-order valence-corrected chi connectivity index (χ2v) is 7.28. The highest BCUT2D eigenvalue weighted by Crippen LogP contribution is 2.44. The molecule has 1 aliphatic heterocycles. The summed E-state index contributed by atoms with van der Waals surface area (Å²) < 4.78 is 12.0. The molecule has 1 heterocycles. The van der Waals surface area contributed by atoms with Crippen molar-refractivity contribution >= 4 is 23.2 Å². The van der Waals surface area contributed by atoms with Gasteiger partial charge in [-0.1, -0.05) is 12.1 Å². The average Bonchev–Trinajstić information content (AvgIpc) is 2.68. The number of carbonyl (C=O) groups is 1. The molecule has 4 nitrogen and oxygen atoms in total. The first-order valence-corrected chi connectivity index (χ1v) is 8.60. The van der Waals surface area contributed by atoms with E-state index in [1.54, 1.807) is 0 Å². The Balaban J connectivity index is 1.94. The van der Waals surface area contributed by atoms with Gasteiger partial charge in [-0.25, -0.2) is 0 Å². The van der Waals surface area contributed by atoms with Gasteiger partial charge in [0, 0.05) is 23.6 Å². The van der Waals surface area contributed by atoms with Crippen molar-refractivity contribution in [3.8, 4) is 0 Å². The minimum atomic E-state index is -0.381. The molecule has 1 aliphatic rings. The van der Waals surface area contributed by atoms with Crippen molar-refractivity contribution < 1.29 is 14.3 Å². The highest BCUT2D eigenvalue weighted by atomic mass is 35.5. The molecule has 0 spiro atoms. The molecule has 0 aromatic heterocycles. The molecule has 1 aromatic carbocycles. The van der Waals surface area contributed by atoms with Gasteiger partial charge in [-0.15, -0.1) is 11.6 Å². The van der Waals surface area contributed by atoms with Gasteiger partial charge < -0.3 is 14.8 Å². The molecule has 0 bridgehead atoms. The lowest BCUT2D eigenvalue weighted by Crippen LogP contribution is -2.41. The highest BCUT2D eigenvalue weighted by Gasteiger charge is 2.49. The Morgan fingerprint density at radius 3 is 2.17 bits per heavy atom. The van der Waals surface area contributed by atoms with Crippen molar-refractivity contribution in [1.82, 2.24) is 0 Å². The predicted octanol–water partition coefficient (Wildman–Crippen LogP) is 4.64. The number of nitrogens with one attached hydrogen (secondary N) is 1. The van der Waals surface area contributed by atoms with Crippen molar-refractivity contribution in [3.63, 3.8) is 0 Å². The number of unbranched alkanes of at least 4 members (excludes halogenated alkanes) is 1. The van der Waals surface area contributed by atoms with Crippen LogP contribution in [0.1, 0.15) is 58.8 Å². The van der Waals surface area contributed by atoms with Crippen LogP contribution in [0.25, 0.3) is 0 Å². The Labute approximate surface area is 143 Å². The van der Waals surface area contributed by atoms with E-state index in [1.807, 2.05) is 52.0 Å². The van der Waals surface area contributed by atoms with E-state index in [9.17, 15) is 4.79 Å². The van der Waals surface area contributed by atoms with Crippen LogP contribution in [0.4, 0.5) is 5.69 Å². The molecule has 2 rings (SSSR count). The van der Waals surface area contributed by atoms with Crippen molar-refractivity contribution in [2.45, 2.75) is 64.4 Å². The van der Waals surface area contributed by atoms with Crippen molar-refractivity contribution in [2.24, 2.45) is 0 Å². The molecule has 0 atom stereocenters. The Hall–Kier alpha value is -1.10. The lowest BCUT2D eigenvalue weighted by molar-refractivity contribution is -0.116. The van der Waals surface area contributed by atoms with E-state index in [2.05, 4.69) is 5.32 Å². The SMILES string of the molecule is CC1(C)OC(c2ccc(NC(=O)CCCCCl)cc2)OC1(C)C. The number of carbonyl (C=O) groups excluding carboxylic acids is 1. The molecular formula is C18H26ClNO3. The number of rotatable bonds is 6. The second-order valence-electron chi connectivity index (χ2n) is 6.90. The topological polar surface area (TPSA) is 47.6 Å². The predicted molar refractivity (Wildman–Crippen MR) is 92.7 cm³/mol. The third-order valence-electron chi connectivity index (χ3n) is 4.51. The maximum absolute atomic E-state index is 11.8. The number of benzene rings is 1. The Morgan fingerprint density at radius 1 is 1.09 bits per heavy atom. The average molecular weight is 340 g/mol. The van der Waals surface area contributed by atoms with Gasteiger partial charge in [-0.3, -0.25) is 4.79 Å². The summed E-state index contributed by atoms with van der Waals surface area (Å²) in [6.07, 6.45) is 1.77. The standard InChI is InChI=1S/C18H26ClNO3/c1-17(2)18(3,4)23-16(22-17)13-8-10-14(11-9-13)20-15(21)7-5-6-12-19/h8-11,16H,5-7,12H2,1-4H3,(H,20,21). The van der Waals surface area contributed by atoms with Crippen LogP contribution < -0.4 is 5.32 Å². The summed E-state index contributed by atoms with van der Waals surface area (Å²) in [7, 11) is 0. The monoisotopic (exact) mass is 339 g/mol. The van der Waals surface area contributed by atoms with E-state index in [0.29, 0.717) is 12.3 Å². The van der Waals surface area contributed by atoms with Crippen LogP contribution in [-0.2, 0) is 14.3 Å². The molecule has 0 radical (unpaired) electrons. The fourth-order valence-corrected chi connectivity index (χ4v) is 2.50. The normalized spacial score (nSPS) is 19.7. The minimum Gasteiger partial charge on any atom is -0.339 e. The van der Waals surface area contributed by atoms with E-state index in [4.69, 9.17) is 21.1 Å². The Bertz CT molecular complexity index is 524. The minimum absolute atomic E-state index is 0.0125. The lowest BCUT2D eigenvalue weighted by Gasteiger charge is -2.30. The van der Waals surface area contributed by atoms with E-state index < -0.39 is 0 Å². The zero-order valence-corrected chi connectivity index (χ0v) is 15.1. The smallest absolute Gasteiger partial charge is 0.224 e. The zero-order chi connectivity index (χ0) is 17.1. The zero-order valence-electron chi connectivity index (χ0n) is 14.3. The van der Waals surface area contributed by atoms with Crippen molar-refractivity contribution in [1.29, 1.82) is 0 Å². The van der Waals surface area contributed by atoms with Gasteiger partial charge in [-0.05, 0) is 52.7 Å². The Morgan fingerprint density at radius 2 is 1.65 bits per heavy atom. The first kappa shape index (κ1) is 18.2. The molecule has 1 saturated heterocycles. The molecule has 0 unspecified atom stereocenters. The Kier molecular flexibility index (Phi) is 5.71. The largest absolute Gasteiger partial charge is 0.339 e. The molecule has 1 fully saturated rings. The third kappa shape index (κ3) is 4.46. The highest BCUT2D eigenvalue weighted by molar-refractivity contribution is 6.17. The molecule has 5 heteroatoms. The molecule has 0 aliphatic carbocycles. The number of halogens is 1. The van der Waals surface area contributed by atoms with Crippen LogP contribution >= 0.6 is 11.6 Å². The first-order valence-electron chi connectivity index (χ1n) is 8.06. The summed E-state index contributed by atoms with van der Waals surface area (Å²) in [5.41, 5.74) is 1.02. The second kappa shape index (κ2) is 7.20. The summed E-state index contributed by atoms with van der Waals surface area (Å²) in [6, 6.07) is 7.60. The van der Waals surface area contributed by atoms with E-state index in [1.165, 1.54) is 0 Å². The fourth-order valence-electron chi connectivity index (χ4n) is 2.31. The number of alkyl halides is 1. The van der Waals surface area contributed by atoms with Gasteiger partial charge in [-0.2, -0.15) is 0 Å². The van der Waals surface area contributed by atoms with Gasteiger partial charge in [0.1, 0.15) is 0 Å². The van der Waals surface area contributed by atoms with Gasteiger partial charge in [0.2, 0.25) is 5.91 Å². The lowest BCUT2D eigenvalue weighted by atomic mass is 9.90. The van der Waals surface area contributed by atoms with E-state index in [-0.39, 0.29) is 23.4 Å². The van der Waals surface area contributed by atoms with Gasteiger partial charge >= 0.3 is 0 Å². The van der Waals surface area contributed by atoms with Gasteiger partial charge in [0.25, 0.3) is 0 Å². The van der Waals surface area contributed by atoms with E-state index >= 15 is 0 Å². The van der Waals surface area contributed by atoms with Crippen molar-refractivity contribution in [2.75, 3.05) is 11.2 Å². The number of hydrogen-bond acceptors (Lipinski definition) is 3. The van der Waals surface area contributed by atoms with Crippen LogP contribution in [0.3, 0.4) is 0 Å². The summed E-state index contributed by atoms with van der Waals surface area (Å²) in [5.74, 6) is 0.606. The van der Waals surface area contributed by atoms with Crippen LogP contribution in [0.15, 0.2) is 24.3 Å². The molecule has 1 aromatic rings. The number of amides is 1. The molecule has 1 amide bonds. The van der Waals surface area contributed by atoms with Crippen molar-refractivity contribution in [3.05, 3.63) is 29.8 Å². The third-order valence-corrected chi connectivity index (χ3v) is 4.77. The fraction of sp³-hybridized carbons (Fsp3) is 0.611. The first-order chi connectivity index (χ1) is 10.7. The maximum atomic E-state index is 11.8. The van der Waals surface area contributed by atoms with Crippen LogP contribution in [0.5, 0.6) is 0 Å². The van der Waals surface area contributed by atoms with E-state index in [0.717, 1.165) is 24.1 Å². The number of ether oxygens (including phenoxy) is 2. The molecule has 128 valence electrons.